The Morgan fingerprint density at radius 2 is 2.40 bits per heavy atom. The van der Waals surface area contributed by atoms with Crippen LogP contribution in [-0.2, 0) is 9.47 Å². The Bertz CT molecular complexity index is 519. The van der Waals surface area contributed by atoms with Crippen molar-refractivity contribution in [3.05, 3.63) is 16.2 Å². The number of hydrogen-bond donors (Lipinski definition) is 1. The van der Waals surface area contributed by atoms with E-state index in [9.17, 15) is 0 Å². The summed E-state index contributed by atoms with van der Waals surface area (Å²) < 4.78 is 16.8. The number of nitrogen functional groups attached to an aromatic ring is 1. The lowest BCUT2D eigenvalue weighted by molar-refractivity contribution is -0.154. The van der Waals surface area contributed by atoms with Crippen molar-refractivity contribution in [1.82, 2.24) is 4.98 Å². The van der Waals surface area contributed by atoms with Crippen molar-refractivity contribution in [2.45, 2.75) is 25.6 Å². The summed E-state index contributed by atoms with van der Waals surface area (Å²) in [7, 11) is 1.53. The maximum Gasteiger partial charge on any atom is 0.231 e. The van der Waals surface area contributed by atoms with E-state index in [0.717, 1.165) is 25.9 Å². The Morgan fingerprint density at radius 1 is 1.55 bits per heavy atom. The highest BCUT2D eigenvalue weighted by atomic mass is 79.9. The predicted octanol–water partition coefficient (Wildman–Crippen LogP) is 2.33. The molecule has 0 saturated carbocycles. The lowest BCUT2D eigenvalue weighted by Crippen LogP contribution is -2.22. The quantitative estimate of drug-likeness (QED) is 0.855. The molecule has 0 radical (unpaired) electrons. The van der Waals surface area contributed by atoms with Gasteiger partial charge in [0, 0.05) is 12.8 Å². The minimum absolute atomic E-state index is 0.141. The second-order valence-electron chi connectivity index (χ2n) is 4.31. The molecule has 1 aliphatic heterocycles. The monoisotopic (exact) mass is 340 g/mol. The van der Waals surface area contributed by atoms with Gasteiger partial charge in [0.05, 0.1) is 17.3 Å². The van der Waals surface area contributed by atoms with Crippen LogP contribution in [-0.4, -0.2) is 31.6 Å². The molecule has 2 heterocycles. The Kier molecular flexibility index (Phi) is 5.65. The third-order valence-electron chi connectivity index (χ3n) is 2.92. The molecule has 2 N–H and O–H groups in total. The van der Waals surface area contributed by atoms with Crippen LogP contribution in [0.3, 0.4) is 0 Å². The third kappa shape index (κ3) is 3.85. The molecule has 20 heavy (non-hydrogen) atoms. The van der Waals surface area contributed by atoms with E-state index in [2.05, 4.69) is 32.8 Å². The number of hydrogen-bond acceptors (Lipinski definition) is 5. The van der Waals surface area contributed by atoms with Crippen molar-refractivity contribution in [2.24, 2.45) is 0 Å². The lowest BCUT2D eigenvalue weighted by atomic mass is 10.2. The molecule has 1 saturated heterocycles. The number of anilines is 1. The van der Waals surface area contributed by atoms with Crippen LogP contribution in [0.4, 0.5) is 5.69 Å². The highest BCUT2D eigenvalue weighted by molar-refractivity contribution is 9.10. The maximum absolute atomic E-state index is 5.95. The van der Waals surface area contributed by atoms with Gasteiger partial charge in [0.25, 0.3) is 0 Å². The minimum atomic E-state index is -0.141. The Balaban J connectivity index is 1.99. The van der Waals surface area contributed by atoms with E-state index in [1.807, 2.05) is 0 Å². The third-order valence-corrected chi connectivity index (χ3v) is 3.55. The first-order valence-electron chi connectivity index (χ1n) is 6.42. The van der Waals surface area contributed by atoms with Crippen molar-refractivity contribution in [3.8, 4) is 17.7 Å². The van der Waals surface area contributed by atoms with E-state index < -0.39 is 0 Å². The van der Waals surface area contributed by atoms with Crippen LogP contribution in [0, 0.1) is 11.8 Å². The average Bonchev–Trinajstić information content (AvgIpc) is 2.49. The fourth-order valence-electron chi connectivity index (χ4n) is 1.86. The van der Waals surface area contributed by atoms with Crippen molar-refractivity contribution < 1.29 is 14.2 Å². The zero-order valence-electron chi connectivity index (χ0n) is 11.3. The van der Waals surface area contributed by atoms with Crippen LogP contribution >= 0.6 is 15.9 Å². The number of nitrogens with zero attached hydrogens (tertiary/aromatic N) is 1. The SMILES string of the molecule is COc1ncc(Br)c(N)c1C#CCOC1CCCCO1. The van der Waals surface area contributed by atoms with Crippen LogP contribution in [0.15, 0.2) is 10.7 Å². The summed E-state index contributed by atoms with van der Waals surface area (Å²) >= 11 is 3.32. The fourth-order valence-corrected chi connectivity index (χ4v) is 2.16. The molecule has 0 spiro atoms. The molecular weight excluding hydrogens is 324 g/mol. The summed E-state index contributed by atoms with van der Waals surface area (Å²) in [6, 6.07) is 0. The highest BCUT2D eigenvalue weighted by Crippen LogP contribution is 2.27. The lowest BCUT2D eigenvalue weighted by Gasteiger charge is -2.21. The molecule has 0 aromatic carbocycles. The Hall–Kier alpha value is -1.29. The smallest absolute Gasteiger partial charge is 0.231 e. The molecule has 1 aromatic heterocycles. The topological polar surface area (TPSA) is 66.6 Å². The van der Waals surface area contributed by atoms with Crippen LogP contribution in [0.25, 0.3) is 0 Å². The van der Waals surface area contributed by atoms with E-state index in [-0.39, 0.29) is 6.29 Å². The van der Waals surface area contributed by atoms with Crippen molar-refractivity contribution in [1.29, 1.82) is 0 Å². The number of aromatic nitrogens is 1. The number of pyridine rings is 1. The molecule has 108 valence electrons. The van der Waals surface area contributed by atoms with Gasteiger partial charge in [-0.1, -0.05) is 11.8 Å². The van der Waals surface area contributed by atoms with Gasteiger partial charge in [-0.05, 0) is 35.2 Å². The highest BCUT2D eigenvalue weighted by Gasteiger charge is 2.13. The average molecular weight is 341 g/mol. The number of ether oxygens (including phenoxy) is 3. The van der Waals surface area contributed by atoms with Gasteiger partial charge in [-0.15, -0.1) is 0 Å². The van der Waals surface area contributed by atoms with Crippen molar-refractivity contribution in [2.75, 3.05) is 26.1 Å². The molecule has 1 fully saturated rings. The van der Waals surface area contributed by atoms with Gasteiger partial charge >= 0.3 is 0 Å². The first-order valence-corrected chi connectivity index (χ1v) is 7.21. The van der Waals surface area contributed by atoms with Gasteiger partial charge in [-0.3, -0.25) is 0 Å². The maximum atomic E-state index is 5.95. The summed E-state index contributed by atoms with van der Waals surface area (Å²) in [6.45, 7) is 1.05. The Labute approximate surface area is 126 Å². The molecule has 5 nitrogen and oxygen atoms in total. The van der Waals surface area contributed by atoms with Crippen LogP contribution in [0.2, 0.25) is 0 Å². The van der Waals surface area contributed by atoms with E-state index in [1.54, 1.807) is 6.20 Å². The molecule has 6 heteroatoms. The number of rotatable bonds is 3. The molecule has 0 aliphatic carbocycles. The van der Waals surface area contributed by atoms with Crippen LogP contribution in [0.1, 0.15) is 24.8 Å². The second-order valence-corrected chi connectivity index (χ2v) is 5.17. The number of halogens is 1. The number of nitrogens with two attached hydrogens (primary N) is 1. The van der Waals surface area contributed by atoms with Crippen molar-refractivity contribution in [3.63, 3.8) is 0 Å². The van der Waals surface area contributed by atoms with E-state index >= 15 is 0 Å². The molecule has 0 bridgehead atoms. The van der Waals surface area contributed by atoms with Gasteiger partial charge in [0.15, 0.2) is 6.29 Å². The minimum Gasteiger partial charge on any atom is -0.480 e. The first-order chi connectivity index (χ1) is 9.72. The molecule has 2 rings (SSSR count). The van der Waals surface area contributed by atoms with Crippen LogP contribution < -0.4 is 10.5 Å². The zero-order valence-corrected chi connectivity index (χ0v) is 12.9. The molecule has 1 unspecified atom stereocenters. The summed E-state index contributed by atoms with van der Waals surface area (Å²) in [5, 5.41) is 0. The van der Waals surface area contributed by atoms with E-state index in [0.29, 0.717) is 28.2 Å². The fraction of sp³-hybridized carbons (Fsp3) is 0.500. The largest absolute Gasteiger partial charge is 0.480 e. The molecular formula is C14H17BrN2O3. The first kappa shape index (κ1) is 15.1. The van der Waals surface area contributed by atoms with Gasteiger partial charge in [0.2, 0.25) is 5.88 Å². The van der Waals surface area contributed by atoms with Crippen molar-refractivity contribution >= 4 is 21.6 Å². The second kappa shape index (κ2) is 7.48. The zero-order chi connectivity index (χ0) is 14.4. The van der Waals surface area contributed by atoms with Gasteiger partial charge in [0.1, 0.15) is 12.2 Å². The molecule has 1 aromatic rings. The predicted molar refractivity (Wildman–Crippen MR) is 79.3 cm³/mol. The standard InChI is InChI=1S/C14H17BrN2O3/c1-18-14-10(13(16)11(15)9-17-14)5-4-8-20-12-6-2-3-7-19-12/h9,12H,2-3,6-8H2,1H3,(H2,16,17). The van der Waals surface area contributed by atoms with Gasteiger partial charge in [-0.25, -0.2) is 4.98 Å². The Morgan fingerprint density at radius 3 is 3.10 bits per heavy atom. The summed E-state index contributed by atoms with van der Waals surface area (Å²) in [6.07, 6.45) is 4.60. The molecule has 1 aliphatic rings. The molecule has 0 amide bonds. The van der Waals surface area contributed by atoms with Crippen LogP contribution in [0.5, 0.6) is 5.88 Å². The number of methoxy groups -OCH3 is 1. The van der Waals surface area contributed by atoms with E-state index in [1.165, 1.54) is 7.11 Å². The molecule has 1 atom stereocenters. The van der Waals surface area contributed by atoms with E-state index in [4.69, 9.17) is 19.9 Å². The van der Waals surface area contributed by atoms with Gasteiger partial charge in [-0.2, -0.15) is 0 Å². The summed E-state index contributed by atoms with van der Waals surface area (Å²) in [4.78, 5) is 4.11. The van der Waals surface area contributed by atoms with Gasteiger partial charge < -0.3 is 19.9 Å². The normalized spacial score (nSPS) is 18.2. The summed E-state index contributed by atoms with van der Waals surface area (Å²) in [5.74, 6) is 6.27. The summed E-state index contributed by atoms with van der Waals surface area (Å²) in [5.41, 5.74) is 7.03.